The summed E-state index contributed by atoms with van der Waals surface area (Å²) in [7, 11) is 1.81. The van der Waals surface area contributed by atoms with Crippen molar-refractivity contribution in [1.82, 2.24) is 19.2 Å². The summed E-state index contributed by atoms with van der Waals surface area (Å²) >= 11 is 1.47. The van der Waals surface area contributed by atoms with E-state index in [0.29, 0.717) is 22.8 Å². The van der Waals surface area contributed by atoms with Crippen LogP contribution in [0.3, 0.4) is 0 Å². The van der Waals surface area contributed by atoms with E-state index in [-0.39, 0.29) is 11.8 Å². The first-order valence-electron chi connectivity index (χ1n) is 9.57. The Kier molecular flexibility index (Phi) is 4.52. The zero-order chi connectivity index (χ0) is 21.5. The third-order valence-electron chi connectivity index (χ3n) is 5.08. The number of anilines is 2. The molecule has 3 heterocycles. The third kappa shape index (κ3) is 3.34. The average molecular weight is 430 g/mol. The predicted molar refractivity (Wildman–Crippen MR) is 121 cm³/mol. The molecule has 154 valence electrons. The summed E-state index contributed by atoms with van der Waals surface area (Å²) in [6, 6.07) is 12.9. The number of hydrogen-bond acceptors (Lipinski definition) is 5. The Morgan fingerprint density at radius 3 is 2.74 bits per heavy atom. The molecular formula is C22H18N6O2S. The fourth-order valence-electron chi connectivity index (χ4n) is 3.54. The van der Waals surface area contributed by atoms with Gasteiger partial charge in [0, 0.05) is 35.4 Å². The summed E-state index contributed by atoms with van der Waals surface area (Å²) in [6.07, 6.45) is 3.37. The van der Waals surface area contributed by atoms with E-state index in [4.69, 9.17) is 0 Å². The molecule has 9 heteroatoms. The van der Waals surface area contributed by atoms with Crippen molar-refractivity contribution in [2.24, 2.45) is 7.05 Å². The van der Waals surface area contributed by atoms with Crippen molar-refractivity contribution >= 4 is 50.4 Å². The predicted octanol–water partition coefficient (Wildman–Crippen LogP) is 4.10. The summed E-state index contributed by atoms with van der Waals surface area (Å²) in [4.78, 5) is 30.5. The number of thiazole rings is 1. The molecule has 2 aromatic carbocycles. The van der Waals surface area contributed by atoms with Crippen molar-refractivity contribution in [3.05, 3.63) is 77.2 Å². The highest BCUT2D eigenvalue weighted by molar-refractivity contribution is 7.15. The lowest BCUT2D eigenvalue weighted by atomic mass is 10.1. The van der Waals surface area contributed by atoms with Gasteiger partial charge in [0.2, 0.25) is 0 Å². The SMILES string of the molecule is Cc1cc(NC(=O)c2nn(C)c3ccccc23)ccc1NC(=O)c1cnc2sccn12. The number of aryl methyl sites for hydroxylation is 2. The van der Waals surface area contributed by atoms with E-state index >= 15 is 0 Å². The van der Waals surface area contributed by atoms with Gasteiger partial charge >= 0.3 is 0 Å². The number of carbonyl (C=O) groups is 2. The highest BCUT2D eigenvalue weighted by atomic mass is 32.1. The summed E-state index contributed by atoms with van der Waals surface area (Å²) in [5.41, 5.74) is 3.84. The number of imidazole rings is 1. The third-order valence-corrected chi connectivity index (χ3v) is 5.85. The second-order valence-electron chi connectivity index (χ2n) is 7.13. The van der Waals surface area contributed by atoms with E-state index in [1.807, 2.05) is 55.9 Å². The Morgan fingerprint density at radius 2 is 1.90 bits per heavy atom. The van der Waals surface area contributed by atoms with Gasteiger partial charge in [-0.25, -0.2) is 4.98 Å². The van der Waals surface area contributed by atoms with Gasteiger partial charge in [0.25, 0.3) is 11.8 Å². The Hall–Kier alpha value is -3.98. The molecule has 0 aliphatic carbocycles. The van der Waals surface area contributed by atoms with Crippen LogP contribution in [-0.4, -0.2) is 31.0 Å². The molecule has 0 bridgehead atoms. The van der Waals surface area contributed by atoms with Crippen molar-refractivity contribution in [1.29, 1.82) is 0 Å². The number of rotatable bonds is 4. The molecular weight excluding hydrogens is 412 g/mol. The van der Waals surface area contributed by atoms with Crippen molar-refractivity contribution in [2.75, 3.05) is 10.6 Å². The van der Waals surface area contributed by atoms with Crippen LogP contribution in [0.5, 0.6) is 0 Å². The van der Waals surface area contributed by atoms with Gasteiger partial charge in [-0.3, -0.25) is 18.7 Å². The normalized spacial score (nSPS) is 11.2. The van der Waals surface area contributed by atoms with E-state index in [1.165, 1.54) is 11.3 Å². The quantitative estimate of drug-likeness (QED) is 0.449. The second-order valence-corrected chi connectivity index (χ2v) is 8.00. The summed E-state index contributed by atoms with van der Waals surface area (Å²) in [5, 5.41) is 12.8. The molecule has 3 aromatic heterocycles. The fourth-order valence-corrected chi connectivity index (χ4v) is 4.23. The molecule has 0 fully saturated rings. The van der Waals surface area contributed by atoms with Crippen molar-refractivity contribution in [3.63, 3.8) is 0 Å². The lowest BCUT2D eigenvalue weighted by molar-refractivity contribution is 0.101. The Labute approximate surface area is 181 Å². The maximum Gasteiger partial charge on any atom is 0.276 e. The summed E-state index contributed by atoms with van der Waals surface area (Å²) in [5.74, 6) is -0.530. The van der Waals surface area contributed by atoms with E-state index in [2.05, 4.69) is 20.7 Å². The average Bonchev–Trinajstić information content (AvgIpc) is 3.45. The van der Waals surface area contributed by atoms with Gasteiger partial charge in [-0.05, 0) is 36.8 Å². The molecule has 0 radical (unpaired) electrons. The van der Waals surface area contributed by atoms with Gasteiger partial charge in [-0.1, -0.05) is 18.2 Å². The number of fused-ring (bicyclic) bond motifs is 2. The highest BCUT2D eigenvalue weighted by Gasteiger charge is 2.17. The Bertz CT molecular complexity index is 1460. The van der Waals surface area contributed by atoms with Crippen LogP contribution in [0.25, 0.3) is 15.9 Å². The van der Waals surface area contributed by atoms with Gasteiger partial charge in [-0.15, -0.1) is 11.3 Å². The maximum absolute atomic E-state index is 12.8. The Morgan fingerprint density at radius 1 is 1.06 bits per heavy atom. The van der Waals surface area contributed by atoms with E-state index in [1.54, 1.807) is 27.4 Å². The molecule has 2 N–H and O–H groups in total. The summed E-state index contributed by atoms with van der Waals surface area (Å²) < 4.78 is 3.44. The number of amides is 2. The largest absolute Gasteiger partial charge is 0.321 e. The molecule has 0 aliphatic heterocycles. The second kappa shape index (κ2) is 7.37. The molecule has 5 rings (SSSR count). The fraction of sp³-hybridized carbons (Fsp3) is 0.0909. The lowest BCUT2D eigenvalue weighted by Gasteiger charge is -2.10. The zero-order valence-electron chi connectivity index (χ0n) is 16.8. The van der Waals surface area contributed by atoms with Crippen molar-refractivity contribution in [3.8, 4) is 0 Å². The monoisotopic (exact) mass is 430 g/mol. The molecule has 0 saturated heterocycles. The minimum atomic E-state index is -0.285. The van der Waals surface area contributed by atoms with Crippen LogP contribution < -0.4 is 10.6 Å². The number of nitrogens with zero attached hydrogens (tertiary/aromatic N) is 4. The van der Waals surface area contributed by atoms with E-state index < -0.39 is 0 Å². The van der Waals surface area contributed by atoms with Crippen molar-refractivity contribution < 1.29 is 9.59 Å². The zero-order valence-corrected chi connectivity index (χ0v) is 17.6. The number of para-hydroxylation sites is 1. The van der Waals surface area contributed by atoms with Crippen molar-refractivity contribution in [2.45, 2.75) is 6.92 Å². The minimum Gasteiger partial charge on any atom is -0.321 e. The first kappa shape index (κ1) is 19.0. The molecule has 0 aliphatic rings. The van der Waals surface area contributed by atoms with Crippen LogP contribution in [0.4, 0.5) is 11.4 Å². The van der Waals surface area contributed by atoms with Gasteiger partial charge in [0.1, 0.15) is 5.69 Å². The molecule has 2 amide bonds. The number of carbonyl (C=O) groups excluding carboxylic acids is 2. The van der Waals surface area contributed by atoms with Crippen LogP contribution in [0.2, 0.25) is 0 Å². The van der Waals surface area contributed by atoms with Gasteiger partial charge in [-0.2, -0.15) is 5.10 Å². The van der Waals surface area contributed by atoms with Crippen LogP contribution in [0, 0.1) is 6.92 Å². The van der Waals surface area contributed by atoms with Gasteiger partial charge < -0.3 is 10.6 Å². The van der Waals surface area contributed by atoms with Crippen LogP contribution in [0.15, 0.2) is 60.2 Å². The molecule has 8 nitrogen and oxygen atoms in total. The smallest absolute Gasteiger partial charge is 0.276 e. The van der Waals surface area contributed by atoms with Crippen LogP contribution in [-0.2, 0) is 7.05 Å². The summed E-state index contributed by atoms with van der Waals surface area (Å²) in [6.45, 7) is 1.87. The molecule has 5 aromatic rings. The molecule has 0 spiro atoms. The number of hydrogen-bond donors (Lipinski definition) is 2. The number of aromatic nitrogens is 4. The first-order valence-corrected chi connectivity index (χ1v) is 10.4. The first-order chi connectivity index (χ1) is 15.0. The van der Waals surface area contributed by atoms with E-state index in [0.717, 1.165) is 21.4 Å². The van der Waals surface area contributed by atoms with Crippen LogP contribution in [0.1, 0.15) is 26.5 Å². The number of nitrogens with one attached hydrogen (secondary N) is 2. The molecule has 0 saturated carbocycles. The topological polar surface area (TPSA) is 93.3 Å². The molecule has 0 unspecified atom stereocenters. The standard InChI is InChI=1S/C22H18N6O2S/c1-13-11-14(24-21(30)19-15-5-3-4-6-17(15)27(2)26-19)7-8-16(13)25-20(29)18-12-23-22-28(18)9-10-31-22/h3-12H,1-2H3,(H,24,30)(H,25,29). The highest BCUT2D eigenvalue weighted by Crippen LogP contribution is 2.23. The maximum atomic E-state index is 12.8. The number of benzene rings is 2. The van der Waals surface area contributed by atoms with Gasteiger partial charge in [0.15, 0.2) is 10.7 Å². The lowest BCUT2D eigenvalue weighted by Crippen LogP contribution is -2.16. The molecule has 0 atom stereocenters. The van der Waals surface area contributed by atoms with Crippen LogP contribution >= 0.6 is 11.3 Å². The van der Waals surface area contributed by atoms with Gasteiger partial charge in [0.05, 0.1) is 11.7 Å². The van der Waals surface area contributed by atoms with E-state index in [9.17, 15) is 9.59 Å². The Balaban J connectivity index is 1.35. The minimum absolute atomic E-state index is 0.245. The molecule has 31 heavy (non-hydrogen) atoms.